The van der Waals surface area contributed by atoms with Gasteiger partial charge in [0.05, 0.1) is 10.6 Å². The van der Waals surface area contributed by atoms with Gasteiger partial charge in [-0.05, 0) is 42.2 Å². The number of benzene rings is 2. The highest BCUT2D eigenvalue weighted by atomic mass is 35.5. The molecule has 0 aliphatic heterocycles. The van der Waals surface area contributed by atoms with Gasteiger partial charge in [0.25, 0.3) is 5.91 Å². The standard InChI is InChI=1S/C19H19Cl2NO3/c1-3-12(2)14-6-4-5-7-17(14)22-18(23)11-25-19(24)15-9-8-13(20)10-16(15)21/h4-10,12H,3,11H2,1-2H3,(H,22,23)/t12-/m1/s1. The number of esters is 1. The third-order valence-corrected chi connectivity index (χ3v) is 4.41. The molecule has 0 heterocycles. The molecular weight excluding hydrogens is 361 g/mol. The second-order valence-electron chi connectivity index (χ2n) is 5.65. The van der Waals surface area contributed by atoms with E-state index in [4.69, 9.17) is 27.9 Å². The van der Waals surface area contributed by atoms with Crippen molar-refractivity contribution in [3.05, 3.63) is 63.6 Å². The topological polar surface area (TPSA) is 55.4 Å². The number of carbonyl (C=O) groups excluding carboxylic acids is 2. The number of para-hydroxylation sites is 1. The van der Waals surface area contributed by atoms with Crippen LogP contribution in [-0.2, 0) is 9.53 Å². The smallest absolute Gasteiger partial charge is 0.340 e. The molecule has 4 nitrogen and oxygen atoms in total. The maximum atomic E-state index is 12.1. The lowest BCUT2D eigenvalue weighted by Gasteiger charge is -2.15. The van der Waals surface area contributed by atoms with Gasteiger partial charge >= 0.3 is 5.97 Å². The van der Waals surface area contributed by atoms with E-state index in [1.165, 1.54) is 18.2 Å². The molecule has 0 aliphatic carbocycles. The first-order chi connectivity index (χ1) is 11.9. The van der Waals surface area contributed by atoms with Gasteiger partial charge in [-0.15, -0.1) is 0 Å². The molecule has 0 aromatic heterocycles. The van der Waals surface area contributed by atoms with Crippen molar-refractivity contribution in [3.8, 4) is 0 Å². The minimum absolute atomic E-state index is 0.166. The van der Waals surface area contributed by atoms with Crippen molar-refractivity contribution < 1.29 is 14.3 Å². The molecule has 0 aliphatic rings. The summed E-state index contributed by atoms with van der Waals surface area (Å²) >= 11 is 11.7. The maximum Gasteiger partial charge on any atom is 0.340 e. The van der Waals surface area contributed by atoms with E-state index in [1.807, 2.05) is 24.3 Å². The number of halogens is 2. The number of carbonyl (C=O) groups is 2. The summed E-state index contributed by atoms with van der Waals surface area (Å²) in [4.78, 5) is 24.1. The Morgan fingerprint density at radius 3 is 2.56 bits per heavy atom. The Morgan fingerprint density at radius 1 is 1.16 bits per heavy atom. The van der Waals surface area contributed by atoms with Crippen LogP contribution in [0.2, 0.25) is 10.0 Å². The average molecular weight is 380 g/mol. The van der Waals surface area contributed by atoms with Gasteiger partial charge in [-0.1, -0.05) is 55.2 Å². The normalized spacial score (nSPS) is 11.7. The first-order valence-electron chi connectivity index (χ1n) is 7.93. The predicted molar refractivity (Wildman–Crippen MR) is 101 cm³/mol. The van der Waals surface area contributed by atoms with Gasteiger partial charge in [0.1, 0.15) is 0 Å². The van der Waals surface area contributed by atoms with Gasteiger partial charge < -0.3 is 10.1 Å². The molecule has 2 aromatic carbocycles. The predicted octanol–water partition coefficient (Wildman–Crippen LogP) is 5.30. The molecule has 0 unspecified atom stereocenters. The minimum atomic E-state index is -0.674. The fourth-order valence-corrected chi connectivity index (χ4v) is 2.80. The molecule has 0 saturated heterocycles. The molecule has 132 valence electrons. The second kappa shape index (κ2) is 8.88. The largest absolute Gasteiger partial charge is 0.452 e. The molecule has 1 amide bonds. The SMILES string of the molecule is CC[C@@H](C)c1ccccc1NC(=O)COC(=O)c1ccc(Cl)cc1Cl. The van der Waals surface area contributed by atoms with Crippen molar-refractivity contribution in [2.75, 3.05) is 11.9 Å². The van der Waals surface area contributed by atoms with Crippen molar-refractivity contribution in [3.63, 3.8) is 0 Å². The first kappa shape index (κ1) is 19.3. The van der Waals surface area contributed by atoms with Gasteiger partial charge in [0.2, 0.25) is 0 Å². The molecule has 0 spiro atoms. The van der Waals surface area contributed by atoms with Crippen LogP contribution in [0, 0.1) is 0 Å². The molecule has 1 N–H and O–H groups in total. The molecule has 6 heteroatoms. The van der Waals surface area contributed by atoms with Gasteiger partial charge in [0, 0.05) is 10.7 Å². The highest BCUT2D eigenvalue weighted by Crippen LogP contribution is 2.26. The van der Waals surface area contributed by atoms with E-state index >= 15 is 0 Å². The zero-order valence-corrected chi connectivity index (χ0v) is 15.5. The summed E-state index contributed by atoms with van der Waals surface area (Å²) < 4.78 is 5.03. The van der Waals surface area contributed by atoms with E-state index in [-0.39, 0.29) is 10.6 Å². The molecule has 0 radical (unpaired) electrons. The molecule has 0 bridgehead atoms. The number of hydrogen-bond acceptors (Lipinski definition) is 3. The highest BCUT2D eigenvalue weighted by molar-refractivity contribution is 6.36. The Morgan fingerprint density at radius 2 is 1.88 bits per heavy atom. The number of ether oxygens (including phenoxy) is 1. The van der Waals surface area contributed by atoms with Crippen molar-refractivity contribution in [2.45, 2.75) is 26.2 Å². The molecule has 2 aromatic rings. The maximum absolute atomic E-state index is 12.1. The third kappa shape index (κ3) is 5.21. The van der Waals surface area contributed by atoms with Crippen LogP contribution in [0.5, 0.6) is 0 Å². The van der Waals surface area contributed by atoms with E-state index in [0.29, 0.717) is 10.9 Å². The second-order valence-corrected chi connectivity index (χ2v) is 6.49. The van der Waals surface area contributed by atoms with Gasteiger partial charge in [-0.2, -0.15) is 0 Å². The number of anilines is 1. The molecule has 25 heavy (non-hydrogen) atoms. The van der Waals surface area contributed by atoms with Crippen molar-refractivity contribution in [1.29, 1.82) is 0 Å². The minimum Gasteiger partial charge on any atom is -0.452 e. The average Bonchev–Trinajstić information content (AvgIpc) is 2.59. The van der Waals surface area contributed by atoms with Gasteiger partial charge in [-0.3, -0.25) is 4.79 Å². The van der Waals surface area contributed by atoms with Crippen molar-refractivity contribution >= 4 is 40.8 Å². The van der Waals surface area contributed by atoms with Crippen molar-refractivity contribution in [1.82, 2.24) is 0 Å². The van der Waals surface area contributed by atoms with Gasteiger partial charge in [0.15, 0.2) is 6.61 Å². The zero-order chi connectivity index (χ0) is 18.4. The lowest BCUT2D eigenvalue weighted by molar-refractivity contribution is -0.119. The summed E-state index contributed by atoms with van der Waals surface area (Å²) in [5, 5.41) is 3.38. The molecule has 1 atom stereocenters. The third-order valence-electron chi connectivity index (χ3n) is 3.86. The molecule has 0 saturated carbocycles. The Kier molecular flexibility index (Phi) is 6.85. The van der Waals surface area contributed by atoms with Crippen LogP contribution >= 0.6 is 23.2 Å². The van der Waals surface area contributed by atoms with Crippen LogP contribution in [0.4, 0.5) is 5.69 Å². The summed E-state index contributed by atoms with van der Waals surface area (Å²) in [5.41, 5.74) is 1.94. The Hall–Kier alpha value is -2.04. The molecular formula is C19H19Cl2NO3. The number of nitrogens with one attached hydrogen (secondary N) is 1. The van der Waals surface area contributed by atoms with E-state index in [0.717, 1.165) is 17.7 Å². The number of amides is 1. The first-order valence-corrected chi connectivity index (χ1v) is 8.69. The Balaban J connectivity index is 1.98. The highest BCUT2D eigenvalue weighted by Gasteiger charge is 2.15. The van der Waals surface area contributed by atoms with E-state index in [1.54, 1.807) is 0 Å². The van der Waals surface area contributed by atoms with Crippen molar-refractivity contribution in [2.24, 2.45) is 0 Å². The van der Waals surface area contributed by atoms with Crippen LogP contribution in [0.3, 0.4) is 0 Å². The van der Waals surface area contributed by atoms with Crippen LogP contribution < -0.4 is 5.32 Å². The summed E-state index contributed by atoms with van der Waals surface area (Å²) in [7, 11) is 0. The van der Waals surface area contributed by atoms with E-state index < -0.39 is 18.5 Å². The fourth-order valence-electron chi connectivity index (χ4n) is 2.31. The van der Waals surface area contributed by atoms with Crippen LogP contribution in [0.15, 0.2) is 42.5 Å². The van der Waals surface area contributed by atoms with E-state index in [2.05, 4.69) is 19.2 Å². The summed E-state index contributed by atoms with van der Waals surface area (Å²) in [6, 6.07) is 12.0. The number of rotatable bonds is 6. The lowest BCUT2D eigenvalue weighted by atomic mass is 9.97. The summed E-state index contributed by atoms with van der Waals surface area (Å²) in [5.74, 6) is -0.770. The lowest BCUT2D eigenvalue weighted by Crippen LogP contribution is -2.22. The van der Waals surface area contributed by atoms with Gasteiger partial charge in [-0.25, -0.2) is 4.79 Å². The summed E-state index contributed by atoms with van der Waals surface area (Å²) in [6.07, 6.45) is 0.955. The zero-order valence-electron chi connectivity index (χ0n) is 14.0. The van der Waals surface area contributed by atoms with Crippen LogP contribution in [0.25, 0.3) is 0 Å². The van der Waals surface area contributed by atoms with E-state index in [9.17, 15) is 9.59 Å². The van der Waals surface area contributed by atoms with Crippen LogP contribution in [-0.4, -0.2) is 18.5 Å². The molecule has 2 rings (SSSR count). The fraction of sp³-hybridized carbons (Fsp3) is 0.263. The van der Waals surface area contributed by atoms with Crippen LogP contribution in [0.1, 0.15) is 42.1 Å². The summed E-state index contributed by atoms with van der Waals surface area (Å²) in [6.45, 7) is 3.78. The quantitative estimate of drug-likeness (QED) is 0.692. The number of hydrogen-bond donors (Lipinski definition) is 1. The Labute approximate surface area is 157 Å². The Bertz CT molecular complexity index is 777. The molecule has 0 fully saturated rings. The monoisotopic (exact) mass is 379 g/mol.